The molecule has 0 aliphatic heterocycles. The Morgan fingerprint density at radius 1 is 1.33 bits per heavy atom. The fourth-order valence-corrected chi connectivity index (χ4v) is 2.43. The number of esters is 1. The molecular formula is C12H17NO4S. The number of ether oxygens (including phenoxy) is 1. The Labute approximate surface area is 107 Å². The molecule has 1 unspecified atom stereocenters. The summed E-state index contributed by atoms with van der Waals surface area (Å²) in [5.74, 6) is -0.463. The topological polar surface area (TPSA) is 86.5 Å². The highest BCUT2D eigenvalue weighted by Crippen LogP contribution is 2.28. The Bertz CT molecular complexity index is 536. The number of carbonyl (C=O) groups excluding carboxylic acids is 1. The molecule has 0 bridgehead atoms. The van der Waals surface area contributed by atoms with Crippen molar-refractivity contribution in [2.24, 2.45) is 5.73 Å². The van der Waals surface area contributed by atoms with E-state index in [1.54, 1.807) is 19.1 Å². The number of nitrogens with two attached hydrogens (primary N) is 1. The first-order chi connectivity index (χ1) is 8.26. The van der Waals surface area contributed by atoms with E-state index in [-0.39, 0.29) is 6.54 Å². The van der Waals surface area contributed by atoms with E-state index < -0.39 is 20.6 Å². The fourth-order valence-electron chi connectivity index (χ4n) is 1.56. The minimum Gasteiger partial charge on any atom is -0.465 e. The van der Waals surface area contributed by atoms with Crippen molar-refractivity contribution in [3.05, 3.63) is 35.4 Å². The van der Waals surface area contributed by atoms with Crippen molar-refractivity contribution in [3.63, 3.8) is 0 Å². The van der Waals surface area contributed by atoms with Gasteiger partial charge in [-0.3, -0.25) is 0 Å². The average molecular weight is 271 g/mol. The SMILES string of the molecule is COC(=O)c1ccc(C(C)(CN)S(C)(=O)=O)cc1. The monoisotopic (exact) mass is 271 g/mol. The quantitative estimate of drug-likeness (QED) is 0.814. The van der Waals surface area contributed by atoms with Crippen LogP contribution in [0.4, 0.5) is 0 Å². The molecule has 1 aromatic rings. The van der Waals surface area contributed by atoms with Crippen LogP contribution >= 0.6 is 0 Å². The number of hydrogen-bond acceptors (Lipinski definition) is 5. The van der Waals surface area contributed by atoms with Crippen molar-refractivity contribution in [2.75, 3.05) is 19.9 Å². The summed E-state index contributed by atoms with van der Waals surface area (Å²) in [5, 5.41) is 0. The van der Waals surface area contributed by atoms with Crippen LogP contribution in [0.15, 0.2) is 24.3 Å². The van der Waals surface area contributed by atoms with Crippen molar-refractivity contribution < 1.29 is 17.9 Å². The zero-order valence-corrected chi connectivity index (χ0v) is 11.5. The van der Waals surface area contributed by atoms with Gasteiger partial charge in [0.05, 0.1) is 12.7 Å². The Kier molecular flexibility index (Phi) is 4.13. The van der Waals surface area contributed by atoms with E-state index in [1.165, 1.54) is 19.2 Å². The Morgan fingerprint density at radius 2 is 1.83 bits per heavy atom. The van der Waals surface area contributed by atoms with Crippen LogP contribution < -0.4 is 5.73 Å². The number of sulfone groups is 1. The Morgan fingerprint density at radius 3 is 2.17 bits per heavy atom. The van der Waals surface area contributed by atoms with Crippen LogP contribution in [0.25, 0.3) is 0 Å². The average Bonchev–Trinajstić information content (AvgIpc) is 2.35. The molecular weight excluding hydrogens is 254 g/mol. The van der Waals surface area contributed by atoms with E-state index in [0.29, 0.717) is 11.1 Å². The van der Waals surface area contributed by atoms with Gasteiger partial charge in [-0.1, -0.05) is 12.1 Å². The van der Waals surface area contributed by atoms with Gasteiger partial charge in [0.2, 0.25) is 0 Å². The third kappa shape index (κ3) is 2.54. The summed E-state index contributed by atoms with van der Waals surface area (Å²) >= 11 is 0. The largest absolute Gasteiger partial charge is 0.465 e. The maximum absolute atomic E-state index is 11.8. The van der Waals surface area contributed by atoms with E-state index in [1.807, 2.05) is 0 Å². The minimum atomic E-state index is -3.35. The van der Waals surface area contributed by atoms with Gasteiger partial charge in [0.15, 0.2) is 9.84 Å². The molecule has 1 aromatic carbocycles. The van der Waals surface area contributed by atoms with Gasteiger partial charge in [0.25, 0.3) is 0 Å². The molecule has 0 heterocycles. The first-order valence-electron chi connectivity index (χ1n) is 5.35. The molecule has 0 fully saturated rings. The highest BCUT2D eigenvalue weighted by atomic mass is 32.2. The predicted octanol–water partition coefficient (Wildman–Crippen LogP) is 0.692. The number of benzene rings is 1. The van der Waals surface area contributed by atoms with Crippen LogP contribution in [-0.4, -0.2) is 34.3 Å². The summed E-state index contributed by atoms with van der Waals surface area (Å²) in [7, 11) is -2.06. The number of methoxy groups -OCH3 is 1. The highest BCUT2D eigenvalue weighted by Gasteiger charge is 2.36. The summed E-state index contributed by atoms with van der Waals surface area (Å²) in [6, 6.07) is 6.22. The lowest BCUT2D eigenvalue weighted by Crippen LogP contribution is -2.39. The van der Waals surface area contributed by atoms with Crippen molar-refractivity contribution >= 4 is 15.8 Å². The van der Waals surface area contributed by atoms with E-state index >= 15 is 0 Å². The molecule has 0 saturated carbocycles. The molecule has 100 valence electrons. The van der Waals surface area contributed by atoms with Gasteiger partial charge in [-0.05, 0) is 24.6 Å². The van der Waals surface area contributed by atoms with Crippen molar-refractivity contribution in [3.8, 4) is 0 Å². The van der Waals surface area contributed by atoms with E-state index in [4.69, 9.17) is 5.73 Å². The van der Waals surface area contributed by atoms with Gasteiger partial charge in [-0.25, -0.2) is 13.2 Å². The molecule has 2 N–H and O–H groups in total. The van der Waals surface area contributed by atoms with Gasteiger partial charge >= 0.3 is 5.97 Å². The summed E-state index contributed by atoms with van der Waals surface area (Å²) in [6.07, 6.45) is 1.15. The predicted molar refractivity (Wildman–Crippen MR) is 69.0 cm³/mol. The third-order valence-electron chi connectivity index (χ3n) is 3.12. The molecule has 1 rings (SSSR count). The Hall–Kier alpha value is -1.40. The number of rotatable bonds is 4. The van der Waals surface area contributed by atoms with E-state index in [0.717, 1.165) is 6.26 Å². The number of hydrogen-bond donors (Lipinski definition) is 1. The molecule has 0 saturated heterocycles. The maximum atomic E-state index is 11.8. The Balaban J connectivity index is 3.23. The van der Waals surface area contributed by atoms with E-state index in [2.05, 4.69) is 4.74 Å². The first kappa shape index (κ1) is 14.7. The van der Waals surface area contributed by atoms with Crippen LogP contribution in [0.2, 0.25) is 0 Å². The lowest BCUT2D eigenvalue weighted by atomic mass is 9.99. The van der Waals surface area contributed by atoms with Crippen molar-refractivity contribution in [1.82, 2.24) is 0 Å². The summed E-state index contributed by atoms with van der Waals surface area (Å²) in [5.41, 5.74) is 6.50. The summed E-state index contributed by atoms with van der Waals surface area (Å²) in [6.45, 7) is 1.54. The van der Waals surface area contributed by atoms with Crippen molar-refractivity contribution in [2.45, 2.75) is 11.7 Å². The van der Waals surface area contributed by atoms with Gasteiger partial charge in [-0.2, -0.15) is 0 Å². The van der Waals surface area contributed by atoms with Crippen LogP contribution in [0.5, 0.6) is 0 Å². The molecule has 0 aliphatic rings. The molecule has 0 aliphatic carbocycles. The minimum absolute atomic E-state index is 0.0244. The standard InChI is InChI=1S/C12H17NO4S/c1-12(8-13,18(3,15)16)10-6-4-9(5-7-10)11(14)17-2/h4-7H,8,13H2,1-3H3. The van der Waals surface area contributed by atoms with E-state index in [9.17, 15) is 13.2 Å². The maximum Gasteiger partial charge on any atom is 0.337 e. The smallest absolute Gasteiger partial charge is 0.337 e. The second-order valence-corrected chi connectivity index (χ2v) is 6.72. The zero-order chi connectivity index (χ0) is 14.0. The molecule has 18 heavy (non-hydrogen) atoms. The second kappa shape index (κ2) is 5.07. The third-order valence-corrected chi connectivity index (χ3v) is 5.16. The van der Waals surface area contributed by atoms with Gasteiger partial charge < -0.3 is 10.5 Å². The molecule has 1 atom stereocenters. The fraction of sp³-hybridized carbons (Fsp3) is 0.417. The highest BCUT2D eigenvalue weighted by molar-refractivity contribution is 7.91. The molecule has 0 radical (unpaired) electrons. The molecule has 0 aromatic heterocycles. The lowest BCUT2D eigenvalue weighted by molar-refractivity contribution is 0.0600. The van der Waals surface area contributed by atoms with Gasteiger partial charge in [-0.15, -0.1) is 0 Å². The second-order valence-electron chi connectivity index (χ2n) is 4.28. The summed E-state index contributed by atoms with van der Waals surface area (Å²) in [4.78, 5) is 11.3. The van der Waals surface area contributed by atoms with Crippen LogP contribution in [-0.2, 0) is 19.3 Å². The summed E-state index contributed by atoms with van der Waals surface area (Å²) < 4.78 is 27.0. The molecule has 6 heteroatoms. The molecule has 0 amide bonds. The van der Waals surface area contributed by atoms with Gasteiger partial charge in [0, 0.05) is 12.8 Å². The zero-order valence-electron chi connectivity index (χ0n) is 10.6. The van der Waals surface area contributed by atoms with Gasteiger partial charge in [0.1, 0.15) is 4.75 Å². The lowest BCUT2D eigenvalue weighted by Gasteiger charge is -2.26. The van der Waals surface area contributed by atoms with Crippen LogP contribution in [0.1, 0.15) is 22.8 Å². The number of carbonyl (C=O) groups is 1. The van der Waals surface area contributed by atoms with Crippen molar-refractivity contribution in [1.29, 1.82) is 0 Å². The first-order valence-corrected chi connectivity index (χ1v) is 7.24. The van der Waals surface area contributed by atoms with Crippen LogP contribution in [0.3, 0.4) is 0 Å². The molecule has 5 nitrogen and oxygen atoms in total. The molecule has 0 spiro atoms. The normalized spacial score (nSPS) is 14.9. The van der Waals surface area contributed by atoms with Crippen LogP contribution in [0, 0.1) is 0 Å².